The summed E-state index contributed by atoms with van der Waals surface area (Å²) >= 11 is 0. The maximum Gasteiger partial charge on any atom is 0.293 e. The summed E-state index contributed by atoms with van der Waals surface area (Å²) in [5.74, 6) is 0.689. The molecule has 1 saturated heterocycles. The molecule has 0 radical (unpaired) electrons. The van der Waals surface area contributed by atoms with Gasteiger partial charge in [-0.15, -0.1) is 0 Å². The van der Waals surface area contributed by atoms with Gasteiger partial charge in [-0.05, 0) is 30.5 Å². The summed E-state index contributed by atoms with van der Waals surface area (Å²) in [5.41, 5.74) is 8.78. The van der Waals surface area contributed by atoms with E-state index in [4.69, 9.17) is 5.73 Å². The van der Waals surface area contributed by atoms with Gasteiger partial charge in [-0.3, -0.25) is 9.78 Å². The van der Waals surface area contributed by atoms with Crippen LogP contribution in [-0.2, 0) is 6.54 Å². The van der Waals surface area contributed by atoms with E-state index < -0.39 is 0 Å². The van der Waals surface area contributed by atoms with Crippen molar-refractivity contribution < 1.29 is 0 Å². The van der Waals surface area contributed by atoms with Crippen molar-refractivity contribution in [2.75, 3.05) is 18.0 Å². The van der Waals surface area contributed by atoms with Gasteiger partial charge in [0.2, 0.25) is 5.95 Å². The van der Waals surface area contributed by atoms with Gasteiger partial charge < -0.3 is 15.6 Å². The van der Waals surface area contributed by atoms with E-state index in [0.29, 0.717) is 23.5 Å². The molecule has 142 valence electrons. The van der Waals surface area contributed by atoms with Crippen LogP contribution in [0.15, 0.2) is 47.5 Å². The molecule has 8 nitrogen and oxygen atoms in total. The number of nitrogens with two attached hydrogens (primary N) is 1. The molecule has 5 rings (SSSR count). The van der Waals surface area contributed by atoms with E-state index in [1.54, 1.807) is 12.4 Å². The predicted octanol–water partition coefficient (Wildman–Crippen LogP) is 1.64. The second kappa shape index (κ2) is 6.72. The molecule has 1 aliphatic rings. The molecular formula is C20H21N7O. The number of hydrogen-bond acceptors (Lipinski definition) is 6. The smallest absolute Gasteiger partial charge is 0.293 e. The van der Waals surface area contributed by atoms with Crippen molar-refractivity contribution >= 4 is 27.9 Å². The van der Waals surface area contributed by atoms with E-state index in [0.717, 1.165) is 42.4 Å². The third-order valence-corrected chi connectivity index (χ3v) is 5.22. The highest BCUT2D eigenvalue weighted by Crippen LogP contribution is 2.19. The summed E-state index contributed by atoms with van der Waals surface area (Å²) < 4.78 is 1.44. The quantitative estimate of drug-likeness (QED) is 0.564. The first-order valence-corrected chi connectivity index (χ1v) is 9.47. The van der Waals surface area contributed by atoms with Crippen LogP contribution in [0, 0.1) is 0 Å². The zero-order valence-electron chi connectivity index (χ0n) is 15.4. The number of benzene rings is 1. The fraction of sp³-hybridized carbons (Fsp3) is 0.300. The lowest BCUT2D eigenvalue weighted by Crippen LogP contribution is -2.43. The second-order valence-corrected chi connectivity index (χ2v) is 7.31. The molecule has 1 aromatic carbocycles. The van der Waals surface area contributed by atoms with E-state index in [-0.39, 0.29) is 11.6 Å². The number of H-pyrrole nitrogens is 1. The molecule has 3 aromatic heterocycles. The Morgan fingerprint density at radius 2 is 2.11 bits per heavy atom. The normalized spacial score (nSPS) is 17.5. The number of rotatable bonds is 3. The lowest BCUT2D eigenvalue weighted by molar-refractivity contribution is 0.501. The molecule has 0 spiro atoms. The van der Waals surface area contributed by atoms with Gasteiger partial charge >= 0.3 is 0 Å². The first kappa shape index (κ1) is 16.9. The van der Waals surface area contributed by atoms with E-state index in [1.165, 1.54) is 4.68 Å². The fourth-order valence-corrected chi connectivity index (χ4v) is 3.78. The molecule has 1 fully saturated rings. The maximum atomic E-state index is 12.9. The molecule has 8 heteroatoms. The van der Waals surface area contributed by atoms with Crippen LogP contribution < -0.4 is 16.2 Å². The first-order chi connectivity index (χ1) is 13.7. The van der Waals surface area contributed by atoms with Gasteiger partial charge in [-0.25, -0.2) is 9.67 Å². The molecule has 4 heterocycles. The molecule has 28 heavy (non-hydrogen) atoms. The number of fused-ring (bicyclic) bond motifs is 2. The Hall–Kier alpha value is -3.26. The Morgan fingerprint density at radius 3 is 3.00 bits per heavy atom. The Bertz CT molecular complexity index is 1210. The summed E-state index contributed by atoms with van der Waals surface area (Å²) in [7, 11) is 0. The lowest BCUT2D eigenvalue weighted by atomic mass is 10.1. The van der Waals surface area contributed by atoms with E-state index >= 15 is 0 Å². The van der Waals surface area contributed by atoms with Gasteiger partial charge in [-0.2, -0.15) is 5.10 Å². The minimum absolute atomic E-state index is 0.136. The summed E-state index contributed by atoms with van der Waals surface area (Å²) in [4.78, 5) is 27.2. The number of nitrogens with zero attached hydrogens (tertiary/aromatic N) is 5. The molecule has 4 aromatic rings. The van der Waals surface area contributed by atoms with Crippen LogP contribution in [0.2, 0.25) is 0 Å². The van der Waals surface area contributed by atoms with Crippen molar-refractivity contribution in [2.24, 2.45) is 5.73 Å². The number of imidazole rings is 1. The number of hydrogen-bond donors (Lipinski definition) is 2. The number of piperidine rings is 1. The Balaban J connectivity index is 1.48. The molecule has 0 unspecified atom stereocenters. The van der Waals surface area contributed by atoms with Crippen LogP contribution in [0.3, 0.4) is 0 Å². The summed E-state index contributed by atoms with van der Waals surface area (Å²) in [6.45, 7) is 1.98. The molecule has 1 atom stereocenters. The van der Waals surface area contributed by atoms with E-state index in [2.05, 4.69) is 25.0 Å². The van der Waals surface area contributed by atoms with Crippen molar-refractivity contribution in [1.82, 2.24) is 24.7 Å². The van der Waals surface area contributed by atoms with Crippen molar-refractivity contribution in [2.45, 2.75) is 25.4 Å². The molecule has 0 bridgehead atoms. The van der Waals surface area contributed by atoms with Crippen LogP contribution >= 0.6 is 0 Å². The van der Waals surface area contributed by atoms with Crippen LogP contribution in [0.5, 0.6) is 0 Å². The zero-order chi connectivity index (χ0) is 19.1. The SMILES string of the molecule is N[C@@H]1CCCN(c2nc3cnn(Cc4cnc5ccccc5c4)c(=O)c3[nH]2)C1. The van der Waals surface area contributed by atoms with Gasteiger partial charge in [0, 0.05) is 30.7 Å². The van der Waals surface area contributed by atoms with Crippen LogP contribution in [0.4, 0.5) is 5.95 Å². The molecule has 0 amide bonds. The summed E-state index contributed by atoms with van der Waals surface area (Å²) in [5, 5.41) is 5.35. The largest absolute Gasteiger partial charge is 0.341 e. The highest BCUT2D eigenvalue weighted by atomic mass is 16.1. The van der Waals surface area contributed by atoms with Gasteiger partial charge in [0.15, 0.2) is 0 Å². The van der Waals surface area contributed by atoms with Crippen molar-refractivity contribution in [3.05, 3.63) is 58.6 Å². The van der Waals surface area contributed by atoms with Crippen molar-refractivity contribution in [3.63, 3.8) is 0 Å². The topological polar surface area (TPSA) is 106 Å². The maximum absolute atomic E-state index is 12.9. The van der Waals surface area contributed by atoms with Crippen LogP contribution in [0.1, 0.15) is 18.4 Å². The zero-order valence-corrected chi connectivity index (χ0v) is 15.4. The molecular weight excluding hydrogens is 354 g/mol. The lowest BCUT2D eigenvalue weighted by Gasteiger charge is -2.30. The third kappa shape index (κ3) is 3.01. The van der Waals surface area contributed by atoms with E-state index in [1.807, 2.05) is 30.3 Å². The molecule has 0 saturated carbocycles. The van der Waals surface area contributed by atoms with Gasteiger partial charge in [0.1, 0.15) is 11.0 Å². The van der Waals surface area contributed by atoms with Crippen molar-refractivity contribution in [1.29, 1.82) is 0 Å². The standard InChI is InChI=1S/C20H21N7O/c21-15-5-3-7-26(12-15)20-24-17-10-23-27(19(28)18(17)25-20)11-13-8-14-4-1-2-6-16(14)22-9-13/h1-2,4,6,8-10,15H,3,5,7,11-12,21H2,(H,24,25)/t15-/m1/s1. The highest BCUT2D eigenvalue weighted by Gasteiger charge is 2.20. The van der Waals surface area contributed by atoms with Crippen LogP contribution in [0.25, 0.3) is 21.9 Å². The molecule has 0 aliphatic carbocycles. The Labute approximate surface area is 161 Å². The third-order valence-electron chi connectivity index (χ3n) is 5.22. The average Bonchev–Trinajstić information content (AvgIpc) is 3.15. The highest BCUT2D eigenvalue weighted by molar-refractivity contribution is 5.79. The molecule has 1 aliphatic heterocycles. The van der Waals surface area contributed by atoms with Gasteiger partial charge in [0.05, 0.1) is 18.3 Å². The van der Waals surface area contributed by atoms with Crippen LogP contribution in [-0.4, -0.2) is 43.9 Å². The van der Waals surface area contributed by atoms with Gasteiger partial charge in [0.25, 0.3) is 5.56 Å². The minimum Gasteiger partial charge on any atom is -0.341 e. The number of nitrogens with one attached hydrogen (secondary N) is 1. The number of pyridine rings is 1. The fourth-order valence-electron chi connectivity index (χ4n) is 3.78. The van der Waals surface area contributed by atoms with Gasteiger partial charge in [-0.1, -0.05) is 18.2 Å². The second-order valence-electron chi connectivity index (χ2n) is 7.31. The summed E-state index contributed by atoms with van der Waals surface area (Å²) in [6.07, 6.45) is 5.46. The van der Waals surface area contributed by atoms with E-state index in [9.17, 15) is 4.79 Å². The Kier molecular flexibility index (Phi) is 4.05. The van der Waals surface area contributed by atoms with Crippen molar-refractivity contribution in [3.8, 4) is 0 Å². The number of para-hydroxylation sites is 1. The number of anilines is 1. The monoisotopic (exact) mass is 375 g/mol. The number of aromatic amines is 1. The first-order valence-electron chi connectivity index (χ1n) is 9.47. The number of aromatic nitrogens is 5. The summed E-state index contributed by atoms with van der Waals surface area (Å²) in [6, 6.07) is 10.1. The predicted molar refractivity (Wildman–Crippen MR) is 108 cm³/mol. The Morgan fingerprint density at radius 1 is 1.21 bits per heavy atom. The molecule has 3 N–H and O–H groups in total. The minimum atomic E-state index is -0.189. The average molecular weight is 375 g/mol.